The average molecular weight is 178 g/mol. The zero-order valence-corrected chi connectivity index (χ0v) is 7.77. The fraction of sp³-hybridized carbons (Fsp3) is 0.556. The minimum atomic E-state index is 0.511. The third-order valence-electron chi connectivity index (χ3n) is 3.06. The van der Waals surface area contributed by atoms with Crippen molar-refractivity contribution in [2.75, 3.05) is 0 Å². The molecule has 3 heteroatoms. The van der Waals surface area contributed by atoms with Gasteiger partial charge in [-0.1, -0.05) is 13.0 Å². The Kier molecular flexibility index (Phi) is 1.11. The Morgan fingerprint density at radius 3 is 3.42 bits per heavy atom. The number of rotatable bonds is 0. The average Bonchev–Trinajstić information content (AvgIpc) is 2.48. The highest BCUT2D eigenvalue weighted by molar-refractivity contribution is 6.99. The van der Waals surface area contributed by atoms with E-state index in [1.807, 2.05) is 0 Å². The summed E-state index contributed by atoms with van der Waals surface area (Å²) >= 11 is 1.33. The first-order valence-corrected chi connectivity index (χ1v) is 5.01. The van der Waals surface area contributed by atoms with Crippen LogP contribution in [0.5, 0.6) is 0 Å². The molecule has 0 saturated heterocycles. The van der Waals surface area contributed by atoms with Gasteiger partial charge in [-0.25, -0.2) is 0 Å². The summed E-state index contributed by atoms with van der Waals surface area (Å²) in [5.74, 6) is 0.790. The van der Waals surface area contributed by atoms with Crippen molar-refractivity contribution < 1.29 is 0 Å². The summed E-state index contributed by atoms with van der Waals surface area (Å²) in [7, 11) is 0. The number of nitrogens with zero attached hydrogens (tertiary/aromatic N) is 2. The molecular weight excluding hydrogens is 168 g/mol. The lowest BCUT2D eigenvalue weighted by Gasteiger charge is -2.04. The van der Waals surface area contributed by atoms with Crippen molar-refractivity contribution in [2.45, 2.75) is 19.8 Å². The van der Waals surface area contributed by atoms with Gasteiger partial charge >= 0.3 is 0 Å². The van der Waals surface area contributed by atoms with E-state index in [2.05, 4.69) is 27.8 Å². The molecule has 0 bridgehead atoms. The lowest BCUT2D eigenvalue weighted by molar-refractivity contribution is 0.533. The van der Waals surface area contributed by atoms with Gasteiger partial charge in [0.1, 0.15) is 0 Å². The van der Waals surface area contributed by atoms with Crippen molar-refractivity contribution in [1.29, 1.82) is 0 Å². The Labute approximate surface area is 75.6 Å². The highest BCUT2D eigenvalue weighted by atomic mass is 32.1. The molecule has 2 aliphatic rings. The maximum absolute atomic E-state index is 4.32. The zero-order chi connectivity index (χ0) is 8.18. The summed E-state index contributed by atoms with van der Waals surface area (Å²) in [6.45, 7) is 2.34. The van der Waals surface area contributed by atoms with Crippen molar-refractivity contribution in [3.63, 3.8) is 0 Å². The maximum Gasteiger partial charge on any atom is 0.0998 e. The molecule has 0 aromatic carbocycles. The second kappa shape index (κ2) is 1.96. The van der Waals surface area contributed by atoms with Gasteiger partial charge in [0.05, 0.1) is 23.1 Å². The van der Waals surface area contributed by atoms with Crippen molar-refractivity contribution in [3.8, 4) is 0 Å². The van der Waals surface area contributed by atoms with Gasteiger partial charge in [0.15, 0.2) is 0 Å². The highest BCUT2D eigenvalue weighted by Crippen LogP contribution is 2.56. The molecule has 0 N–H and O–H groups in total. The standard InChI is InChI=1S/C9H10N2S/c1-9-4-6(9)2-3-7-8(5-9)11-12-10-7/h2-3,6H,4-5H2,1H3. The first kappa shape index (κ1) is 6.78. The van der Waals surface area contributed by atoms with Crippen molar-refractivity contribution in [3.05, 3.63) is 17.5 Å². The van der Waals surface area contributed by atoms with E-state index < -0.39 is 0 Å². The Morgan fingerprint density at radius 2 is 2.50 bits per heavy atom. The summed E-state index contributed by atoms with van der Waals surface area (Å²) in [5.41, 5.74) is 2.82. The topological polar surface area (TPSA) is 25.8 Å². The molecule has 0 amide bonds. The summed E-state index contributed by atoms with van der Waals surface area (Å²) in [6.07, 6.45) is 6.89. The van der Waals surface area contributed by atoms with Crippen LogP contribution < -0.4 is 0 Å². The van der Waals surface area contributed by atoms with Gasteiger partial charge < -0.3 is 0 Å². The number of aromatic nitrogens is 2. The molecule has 1 aromatic rings. The van der Waals surface area contributed by atoms with Crippen LogP contribution in [0, 0.1) is 11.3 Å². The van der Waals surface area contributed by atoms with Crippen LogP contribution in [0.25, 0.3) is 6.08 Å². The third kappa shape index (κ3) is 0.800. The summed E-state index contributed by atoms with van der Waals surface area (Å²) < 4.78 is 8.56. The molecule has 1 fully saturated rings. The van der Waals surface area contributed by atoms with E-state index in [4.69, 9.17) is 0 Å². The molecule has 62 valence electrons. The minimum absolute atomic E-state index is 0.511. The van der Waals surface area contributed by atoms with Gasteiger partial charge in [-0.15, -0.1) is 0 Å². The van der Waals surface area contributed by atoms with E-state index in [0.29, 0.717) is 5.41 Å². The number of allylic oxidation sites excluding steroid dienone is 1. The predicted molar refractivity (Wildman–Crippen MR) is 48.9 cm³/mol. The van der Waals surface area contributed by atoms with Gasteiger partial charge in [0.25, 0.3) is 0 Å². The van der Waals surface area contributed by atoms with Gasteiger partial charge in [0, 0.05) is 0 Å². The molecule has 2 nitrogen and oxygen atoms in total. The molecule has 2 aliphatic carbocycles. The number of hydrogen-bond donors (Lipinski definition) is 0. The van der Waals surface area contributed by atoms with Crippen molar-refractivity contribution in [2.24, 2.45) is 11.3 Å². The molecule has 1 saturated carbocycles. The molecule has 0 spiro atoms. The van der Waals surface area contributed by atoms with Crippen LogP contribution in [-0.2, 0) is 6.42 Å². The lowest BCUT2D eigenvalue weighted by atomic mass is 10.0. The fourth-order valence-electron chi connectivity index (χ4n) is 2.00. The van der Waals surface area contributed by atoms with Gasteiger partial charge in [-0.3, -0.25) is 0 Å². The van der Waals surface area contributed by atoms with Gasteiger partial charge in [-0.05, 0) is 30.3 Å². The second-order valence-corrected chi connectivity index (χ2v) is 4.63. The minimum Gasteiger partial charge on any atom is -0.177 e. The van der Waals surface area contributed by atoms with Crippen LogP contribution in [0.15, 0.2) is 6.08 Å². The summed E-state index contributed by atoms with van der Waals surface area (Å²) in [4.78, 5) is 0. The van der Waals surface area contributed by atoms with Crippen LogP contribution in [-0.4, -0.2) is 8.75 Å². The SMILES string of the molecule is CC12Cc3nsnc3C=CC1C2. The first-order valence-electron chi connectivity index (χ1n) is 4.28. The lowest BCUT2D eigenvalue weighted by Crippen LogP contribution is -2.01. The second-order valence-electron chi connectivity index (χ2n) is 4.10. The molecule has 0 aliphatic heterocycles. The van der Waals surface area contributed by atoms with Gasteiger partial charge in [-0.2, -0.15) is 8.75 Å². The molecule has 12 heavy (non-hydrogen) atoms. The Morgan fingerprint density at radius 1 is 1.58 bits per heavy atom. The normalized spacial score (nSPS) is 36.9. The molecule has 0 radical (unpaired) electrons. The van der Waals surface area contributed by atoms with E-state index in [1.54, 1.807) is 0 Å². The fourth-order valence-corrected chi connectivity index (χ4v) is 2.55. The maximum atomic E-state index is 4.32. The Balaban J connectivity index is 2.09. The van der Waals surface area contributed by atoms with Gasteiger partial charge in [0.2, 0.25) is 0 Å². The first-order chi connectivity index (χ1) is 5.78. The third-order valence-corrected chi connectivity index (χ3v) is 3.65. The number of hydrogen-bond acceptors (Lipinski definition) is 3. The zero-order valence-electron chi connectivity index (χ0n) is 6.95. The molecule has 1 heterocycles. The van der Waals surface area contributed by atoms with Crippen LogP contribution in [0.4, 0.5) is 0 Å². The van der Waals surface area contributed by atoms with E-state index in [0.717, 1.165) is 18.0 Å². The van der Waals surface area contributed by atoms with Crippen LogP contribution in [0.1, 0.15) is 24.7 Å². The molecule has 1 aromatic heterocycles. The quantitative estimate of drug-likeness (QED) is 0.608. The molecule has 3 rings (SSSR count). The molecular formula is C9H10N2S. The predicted octanol–water partition coefficient (Wildman–Crippen LogP) is 2.13. The summed E-state index contributed by atoms with van der Waals surface area (Å²) in [5, 5.41) is 0. The van der Waals surface area contributed by atoms with E-state index in [9.17, 15) is 0 Å². The van der Waals surface area contributed by atoms with Crippen molar-refractivity contribution in [1.82, 2.24) is 8.75 Å². The summed E-state index contributed by atoms with van der Waals surface area (Å²) in [6, 6.07) is 0. The smallest absolute Gasteiger partial charge is 0.0998 e. The highest BCUT2D eigenvalue weighted by Gasteiger charge is 2.49. The van der Waals surface area contributed by atoms with E-state index in [-0.39, 0.29) is 0 Å². The molecule has 2 unspecified atom stereocenters. The largest absolute Gasteiger partial charge is 0.177 e. The Hall–Kier alpha value is -0.700. The number of fused-ring (bicyclic) bond motifs is 2. The van der Waals surface area contributed by atoms with Crippen molar-refractivity contribution >= 4 is 17.8 Å². The van der Waals surface area contributed by atoms with Crippen LogP contribution >= 0.6 is 11.7 Å². The van der Waals surface area contributed by atoms with E-state index >= 15 is 0 Å². The molecule has 2 atom stereocenters. The van der Waals surface area contributed by atoms with Crippen LogP contribution in [0.3, 0.4) is 0 Å². The monoisotopic (exact) mass is 178 g/mol. The Bertz CT molecular complexity index is 355. The van der Waals surface area contributed by atoms with E-state index in [1.165, 1.54) is 23.8 Å². The van der Waals surface area contributed by atoms with Crippen LogP contribution in [0.2, 0.25) is 0 Å².